The lowest BCUT2D eigenvalue weighted by atomic mass is 10.2. The number of aliphatic hydroxyl groups is 1. The van der Waals surface area contributed by atoms with Crippen LogP contribution in [0.4, 0.5) is 0 Å². The molecule has 0 saturated carbocycles. The molecule has 6 nitrogen and oxygen atoms in total. The molecule has 1 amide bonds. The third-order valence-electron chi connectivity index (χ3n) is 3.19. The number of hydrogen-bond donors (Lipinski definition) is 1. The number of ether oxygens (including phenoxy) is 1. The Morgan fingerprint density at radius 1 is 1.53 bits per heavy atom. The Labute approximate surface area is 97.9 Å². The summed E-state index contributed by atoms with van der Waals surface area (Å²) in [6.07, 6.45) is 5.26. The second-order valence-electron chi connectivity index (χ2n) is 4.24. The van der Waals surface area contributed by atoms with Crippen molar-refractivity contribution in [3.63, 3.8) is 0 Å². The van der Waals surface area contributed by atoms with E-state index in [1.807, 2.05) is 4.57 Å². The minimum atomic E-state index is -0.290. The van der Waals surface area contributed by atoms with E-state index in [-0.39, 0.29) is 24.8 Å². The fourth-order valence-corrected chi connectivity index (χ4v) is 2.32. The second-order valence-corrected chi connectivity index (χ2v) is 4.24. The molecule has 0 bridgehead atoms. The number of amides is 1. The Bertz CT molecular complexity index is 480. The number of hydrogen-bond acceptors (Lipinski definition) is 4. The molecule has 0 radical (unpaired) electrons. The average Bonchev–Trinajstić information content (AvgIpc) is 2.94. The highest BCUT2D eigenvalue weighted by molar-refractivity contribution is 6.01. The Balaban J connectivity index is 1.88. The molecule has 1 aromatic heterocycles. The summed E-state index contributed by atoms with van der Waals surface area (Å²) in [6.45, 7) is 0.0355. The molecule has 1 aromatic rings. The number of aromatic nitrogens is 2. The van der Waals surface area contributed by atoms with Crippen LogP contribution in [0.5, 0.6) is 0 Å². The number of carbonyl (C=O) groups is 1. The van der Waals surface area contributed by atoms with E-state index in [9.17, 15) is 4.79 Å². The van der Waals surface area contributed by atoms with Gasteiger partial charge in [0.2, 0.25) is 0 Å². The van der Waals surface area contributed by atoms with Crippen LogP contribution in [-0.2, 0) is 11.2 Å². The monoisotopic (exact) mass is 235 g/mol. The Hall–Kier alpha value is -1.53. The summed E-state index contributed by atoms with van der Waals surface area (Å²) < 4.78 is 7.56. The predicted molar refractivity (Wildman–Crippen MR) is 59.0 cm³/mol. The minimum Gasteiger partial charge on any atom is -0.394 e. The second kappa shape index (κ2) is 4.05. The smallest absolute Gasteiger partial charge is 0.297 e. The number of carbonyl (C=O) groups excluding carboxylic acids is 1. The first kappa shape index (κ1) is 10.6. The Kier molecular flexibility index (Phi) is 2.53. The molecule has 3 heterocycles. The van der Waals surface area contributed by atoms with Crippen molar-refractivity contribution < 1.29 is 14.6 Å². The van der Waals surface area contributed by atoms with Crippen molar-refractivity contribution in [2.45, 2.75) is 31.6 Å². The van der Waals surface area contributed by atoms with Gasteiger partial charge in [0.15, 0.2) is 5.69 Å². The standard InChI is InChI=1S/C11H13N3O3/c15-5-7-1-2-9(17-7)14-6-13-10-8(14)3-4-12-11(10)16/h4,6-7,9,15H,1-3,5H2/t7-,9+/m0/s1. The summed E-state index contributed by atoms with van der Waals surface area (Å²) in [7, 11) is 0. The lowest BCUT2D eigenvalue weighted by molar-refractivity contribution is -0.0233. The van der Waals surface area contributed by atoms with Gasteiger partial charge in [-0.05, 0) is 12.8 Å². The van der Waals surface area contributed by atoms with Crippen molar-refractivity contribution in [3.8, 4) is 0 Å². The van der Waals surface area contributed by atoms with Crippen molar-refractivity contribution in [2.24, 2.45) is 4.99 Å². The first-order chi connectivity index (χ1) is 8.29. The van der Waals surface area contributed by atoms with Crippen LogP contribution in [0.15, 0.2) is 11.3 Å². The molecule has 0 unspecified atom stereocenters. The van der Waals surface area contributed by atoms with E-state index in [0.717, 1.165) is 18.5 Å². The van der Waals surface area contributed by atoms with E-state index in [1.54, 1.807) is 12.5 Å². The van der Waals surface area contributed by atoms with Crippen LogP contribution >= 0.6 is 0 Å². The van der Waals surface area contributed by atoms with Crippen molar-refractivity contribution in [1.82, 2.24) is 9.55 Å². The molecule has 1 N–H and O–H groups in total. The number of nitrogens with zero attached hydrogens (tertiary/aromatic N) is 3. The fourth-order valence-electron chi connectivity index (χ4n) is 2.32. The van der Waals surface area contributed by atoms with Gasteiger partial charge in [0.25, 0.3) is 5.91 Å². The summed E-state index contributed by atoms with van der Waals surface area (Å²) in [5.74, 6) is -0.290. The third kappa shape index (κ3) is 1.69. The molecular formula is C11H13N3O3. The summed E-state index contributed by atoms with van der Waals surface area (Å²) in [6, 6.07) is 0. The van der Waals surface area contributed by atoms with Crippen LogP contribution in [0.1, 0.15) is 35.3 Å². The molecule has 1 saturated heterocycles. The molecule has 17 heavy (non-hydrogen) atoms. The molecule has 0 aliphatic carbocycles. The van der Waals surface area contributed by atoms with Gasteiger partial charge < -0.3 is 14.4 Å². The van der Waals surface area contributed by atoms with Crippen molar-refractivity contribution in [3.05, 3.63) is 17.7 Å². The maximum atomic E-state index is 11.5. The molecule has 3 rings (SSSR count). The van der Waals surface area contributed by atoms with Crippen LogP contribution in [0.2, 0.25) is 0 Å². The Morgan fingerprint density at radius 3 is 3.18 bits per heavy atom. The van der Waals surface area contributed by atoms with E-state index in [0.29, 0.717) is 12.1 Å². The van der Waals surface area contributed by atoms with Crippen molar-refractivity contribution in [1.29, 1.82) is 0 Å². The zero-order valence-corrected chi connectivity index (χ0v) is 9.24. The normalized spacial score (nSPS) is 27.5. The molecule has 1 fully saturated rings. The van der Waals surface area contributed by atoms with Crippen molar-refractivity contribution >= 4 is 12.1 Å². The zero-order valence-electron chi connectivity index (χ0n) is 9.24. The van der Waals surface area contributed by atoms with Crippen molar-refractivity contribution in [2.75, 3.05) is 6.61 Å². The topological polar surface area (TPSA) is 76.7 Å². The van der Waals surface area contributed by atoms with Gasteiger partial charge in [-0.2, -0.15) is 0 Å². The largest absolute Gasteiger partial charge is 0.394 e. The fraction of sp³-hybridized carbons (Fsp3) is 0.545. The molecule has 90 valence electrons. The quantitative estimate of drug-likeness (QED) is 0.800. The molecule has 2 aliphatic rings. The number of rotatable bonds is 2. The van der Waals surface area contributed by atoms with Gasteiger partial charge in [-0.15, -0.1) is 0 Å². The van der Waals surface area contributed by atoms with E-state index in [4.69, 9.17) is 9.84 Å². The summed E-state index contributed by atoms with van der Waals surface area (Å²) >= 11 is 0. The van der Waals surface area contributed by atoms with Crippen LogP contribution in [-0.4, -0.2) is 39.5 Å². The number of imidazole rings is 1. The maximum absolute atomic E-state index is 11.5. The number of fused-ring (bicyclic) bond motifs is 1. The predicted octanol–water partition coefficient (Wildman–Crippen LogP) is 0.320. The van der Waals surface area contributed by atoms with Crippen LogP contribution in [0.3, 0.4) is 0 Å². The van der Waals surface area contributed by atoms with E-state index in [2.05, 4.69) is 9.98 Å². The van der Waals surface area contributed by atoms with E-state index >= 15 is 0 Å². The molecule has 6 heteroatoms. The first-order valence-corrected chi connectivity index (χ1v) is 5.68. The highest BCUT2D eigenvalue weighted by Crippen LogP contribution is 2.30. The van der Waals surface area contributed by atoms with E-state index < -0.39 is 0 Å². The van der Waals surface area contributed by atoms with Gasteiger partial charge in [-0.25, -0.2) is 9.98 Å². The minimum absolute atomic E-state index is 0.0355. The van der Waals surface area contributed by atoms with Gasteiger partial charge in [0, 0.05) is 12.6 Å². The maximum Gasteiger partial charge on any atom is 0.297 e. The lowest BCUT2D eigenvalue weighted by Gasteiger charge is -2.17. The summed E-state index contributed by atoms with van der Waals surface area (Å²) in [5.41, 5.74) is 1.28. The van der Waals surface area contributed by atoms with Gasteiger partial charge in [-0.1, -0.05) is 0 Å². The van der Waals surface area contributed by atoms with Crippen LogP contribution in [0.25, 0.3) is 0 Å². The molecule has 2 aliphatic heterocycles. The molecular weight excluding hydrogens is 222 g/mol. The first-order valence-electron chi connectivity index (χ1n) is 5.68. The highest BCUT2D eigenvalue weighted by atomic mass is 16.5. The highest BCUT2D eigenvalue weighted by Gasteiger charge is 2.30. The molecule has 0 spiro atoms. The van der Waals surface area contributed by atoms with Crippen LogP contribution < -0.4 is 0 Å². The number of aliphatic hydroxyl groups excluding tert-OH is 1. The average molecular weight is 235 g/mol. The van der Waals surface area contributed by atoms with Gasteiger partial charge in [0.05, 0.1) is 24.7 Å². The lowest BCUT2D eigenvalue weighted by Crippen LogP contribution is -2.17. The number of aliphatic imine (C=N–C) groups is 1. The van der Waals surface area contributed by atoms with E-state index in [1.165, 1.54) is 0 Å². The molecule has 0 aromatic carbocycles. The van der Waals surface area contributed by atoms with Crippen LogP contribution in [0, 0.1) is 0 Å². The Morgan fingerprint density at radius 2 is 2.41 bits per heavy atom. The third-order valence-corrected chi connectivity index (χ3v) is 3.19. The summed E-state index contributed by atoms with van der Waals surface area (Å²) in [5, 5.41) is 9.04. The SMILES string of the molecule is O=C1N=CCc2c1ncn2[C@H]1CC[C@@H](CO)O1. The van der Waals surface area contributed by atoms with Gasteiger partial charge in [-0.3, -0.25) is 4.79 Å². The molecule has 2 atom stereocenters. The summed E-state index contributed by atoms with van der Waals surface area (Å²) in [4.78, 5) is 19.3. The zero-order chi connectivity index (χ0) is 11.8. The van der Waals surface area contributed by atoms with Gasteiger partial charge in [0.1, 0.15) is 6.23 Å². The van der Waals surface area contributed by atoms with Gasteiger partial charge >= 0.3 is 0 Å².